The van der Waals surface area contributed by atoms with Crippen LogP contribution in [0, 0.1) is 5.41 Å². The molecule has 0 bridgehead atoms. The van der Waals surface area contributed by atoms with E-state index >= 15 is 0 Å². The fourth-order valence-electron chi connectivity index (χ4n) is 3.51. The summed E-state index contributed by atoms with van der Waals surface area (Å²) < 4.78 is 68.6. The molecule has 0 saturated heterocycles. The molecule has 2 N–H and O–H groups in total. The number of nitrogens with zero attached hydrogens (tertiary/aromatic N) is 1. The average Bonchev–Trinajstić information content (AvgIpc) is 2.96. The summed E-state index contributed by atoms with van der Waals surface area (Å²) in [6, 6.07) is 8.58. The standard InChI is InChI=1S/C22H23F5N2/c1-21(2,3)12-29-11-16(19(28)20(23)24)15-9-8-13(10-18(15)29)14-6-4-5-7-17(14)22(25,26)27/h4-11,19-20H,12,28H2,1-3H3. The Morgan fingerprint density at radius 1 is 1.00 bits per heavy atom. The molecule has 2 nitrogen and oxygen atoms in total. The van der Waals surface area contributed by atoms with E-state index in [1.807, 2.05) is 20.8 Å². The molecule has 29 heavy (non-hydrogen) atoms. The Labute approximate surface area is 166 Å². The predicted molar refractivity (Wildman–Crippen MR) is 105 cm³/mol. The average molecular weight is 410 g/mol. The van der Waals surface area contributed by atoms with Crippen molar-refractivity contribution in [3.63, 3.8) is 0 Å². The van der Waals surface area contributed by atoms with Gasteiger partial charge < -0.3 is 10.3 Å². The van der Waals surface area contributed by atoms with E-state index in [0.717, 1.165) is 6.07 Å². The molecule has 1 heterocycles. The van der Waals surface area contributed by atoms with Crippen LogP contribution < -0.4 is 5.73 Å². The highest BCUT2D eigenvalue weighted by Crippen LogP contribution is 2.39. The van der Waals surface area contributed by atoms with Gasteiger partial charge in [0.25, 0.3) is 6.43 Å². The third kappa shape index (κ3) is 4.45. The lowest BCUT2D eigenvalue weighted by Crippen LogP contribution is -2.19. The van der Waals surface area contributed by atoms with Gasteiger partial charge in [-0.3, -0.25) is 0 Å². The van der Waals surface area contributed by atoms with Crippen molar-refractivity contribution in [3.05, 3.63) is 59.8 Å². The highest BCUT2D eigenvalue weighted by atomic mass is 19.4. The van der Waals surface area contributed by atoms with Gasteiger partial charge in [0.15, 0.2) is 0 Å². The number of rotatable bonds is 4. The van der Waals surface area contributed by atoms with Gasteiger partial charge in [0.1, 0.15) is 0 Å². The minimum absolute atomic E-state index is 0.0464. The molecule has 156 valence electrons. The Bertz CT molecular complexity index is 1010. The van der Waals surface area contributed by atoms with Gasteiger partial charge in [-0.25, -0.2) is 8.78 Å². The van der Waals surface area contributed by atoms with Crippen LogP contribution in [-0.4, -0.2) is 11.0 Å². The Balaban J connectivity index is 2.23. The van der Waals surface area contributed by atoms with E-state index < -0.39 is 24.2 Å². The van der Waals surface area contributed by atoms with Crippen molar-refractivity contribution in [2.75, 3.05) is 0 Å². The summed E-state index contributed by atoms with van der Waals surface area (Å²) in [5.41, 5.74) is 6.08. The van der Waals surface area contributed by atoms with E-state index in [1.54, 1.807) is 29.0 Å². The number of halogens is 5. The van der Waals surface area contributed by atoms with Gasteiger partial charge in [-0.05, 0) is 28.7 Å². The first-order valence-corrected chi connectivity index (χ1v) is 9.21. The molecule has 0 aliphatic rings. The maximum absolute atomic E-state index is 13.4. The Hall–Kier alpha value is -2.41. The summed E-state index contributed by atoms with van der Waals surface area (Å²) in [5.74, 6) is 0. The second kappa shape index (κ2) is 7.44. The maximum atomic E-state index is 13.4. The third-order valence-corrected chi connectivity index (χ3v) is 4.73. The molecule has 0 fully saturated rings. The highest BCUT2D eigenvalue weighted by molar-refractivity contribution is 5.89. The van der Waals surface area contributed by atoms with Gasteiger partial charge in [0.05, 0.1) is 11.6 Å². The number of alkyl halides is 5. The van der Waals surface area contributed by atoms with Crippen molar-refractivity contribution >= 4 is 10.9 Å². The molecule has 0 saturated carbocycles. The topological polar surface area (TPSA) is 30.9 Å². The van der Waals surface area contributed by atoms with E-state index in [0.29, 0.717) is 23.0 Å². The van der Waals surface area contributed by atoms with E-state index in [-0.39, 0.29) is 16.5 Å². The summed E-state index contributed by atoms with van der Waals surface area (Å²) in [4.78, 5) is 0. The summed E-state index contributed by atoms with van der Waals surface area (Å²) in [6.07, 6.45) is -5.65. The van der Waals surface area contributed by atoms with Crippen molar-refractivity contribution in [2.24, 2.45) is 11.1 Å². The lowest BCUT2D eigenvalue weighted by Gasteiger charge is -2.20. The van der Waals surface area contributed by atoms with Crippen LogP contribution in [0.1, 0.15) is 37.9 Å². The smallest absolute Gasteiger partial charge is 0.347 e. The van der Waals surface area contributed by atoms with Crippen LogP contribution in [0.25, 0.3) is 22.0 Å². The quantitative estimate of drug-likeness (QED) is 0.481. The zero-order chi connectivity index (χ0) is 21.6. The second-order valence-corrected chi connectivity index (χ2v) is 8.41. The van der Waals surface area contributed by atoms with E-state index in [2.05, 4.69) is 0 Å². The minimum Gasteiger partial charge on any atom is -0.347 e. The van der Waals surface area contributed by atoms with E-state index in [1.165, 1.54) is 18.2 Å². The monoisotopic (exact) mass is 410 g/mol. The number of aromatic nitrogens is 1. The van der Waals surface area contributed by atoms with Crippen LogP contribution in [0.4, 0.5) is 22.0 Å². The van der Waals surface area contributed by atoms with E-state index in [4.69, 9.17) is 5.73 Å². The number of nitrogens with two attached hydrogens (primary N) is 1. The van der Waals surface area contributed by atoms with Gasteiger partial charge in [0, 0.05) is 29.2 Å². The zero-order valence-electron chi connectivity index (χ0n) is 16.4. The number of benzene rings is 2. The third-order valence-electron chi connectivity index (χ3n) is 4.73. The fourth-order valence-corrected chi connectivity index (χ4v) is 3.51. The molecule has 7 heteroatoms. The first-order chi connectivity index (χ1) is 13.4. The summed E-state index contributed by atoms with van der Waals surface area (Å²) in [6.45, 7) is 6.49. The largest absolute Gasteiger partial charge is 0.417 e. The molecule has 3 rings (SSSR count). The van der Waals surface area contributed by atoms with Gasteiger partial charge in [-0.15, -0.1) is 0 Å². The van der Waals surface area contributed by atoms with Gasteiger partial charge in [0.2, 0.25) is 0 Å². The summed E-state index contributed by atoms with van der Waals surface area (Å²) in [5, 5.41) is 0.523. The first kappa shape index (κ1) is 21.3. The van der Waals surface area contributed by atoms with Crippen LogP contribution in [-0.2, 0) is 12.7 Å². The fraction of sp³-hybridized carbons (Fsp3) is 0.364. The lowest BCUT2D eigenvalue weighted by atomic mass is 9.96. The SMILES string of the molecule is CC(C)(C)Cn1cc(C(N)C(F)F)c2ccc(-c3ccccc3C(F)(F)F)cc21. The minimum atomic E-state index is -4.50. The molecule has 0 spiro atoms. The van der Waals surface area contributed by atoms with E-state index in [9.17, 15) is 22.0 Å². The Morgan fingerprint density at radius 3 is 2.24 bits per heavy atom. The van der Waals surface area contributed by atoms with Gasteiger partial charge in [-0.2, -0.15) is 13.2 Å². The van der Waals surface area contributed by atoms with Crippen molar-refractivity contribution in [1.82, 2.24) is 4.57 Å². The Kier molecular flexibility index (Phi) is 5.47. The first-order valence-electron chi connectivity index (χ1n) is 9.21. The molecule has 0 aliphatic carbocycles. The molecule has 0 aliphatic heterocycles. The van der Waals surface area contributed by atoms with Crippen LogP contribution >= 0.6 is 0 Å². The maximum Gasteiger partial charge on any atom is 0.417 e. The van der Waals surface area contributed by atoms with Gasteiger partial charge >= 0.3 is 6.18 Å². The normalized spacial score (nSPS) is 14.0. The van der Waals surface area contributed by atoms with Crippen molar-refractivity contribution in [2.45, 2.75) is 46.0 Å². The highest BCUT2D eigenvalue weighted by Gasteiger charge is 2.33. The van der Waals surface area contributed by atoms with Gasteiger partial charge in [-0.1, -0.05) is 51.1 Å². The molecule has 2 aromatic carbocycles. The van der Waals surface area contributed by atoms with Crippen molar-refractivity contribution < 1.29 is 22.0 Å². The van der Waals surface area contributed by atoms with Crippen LogP contribution in [0.15, 0.2) is 48.7 Å². The molecule has 1 aromatic heterocycles. The second-order valence-electron chi connectivity index (χ2n) is 8.41. The predicted octanol–water partition coefficient (Wildman–Crippen LogP) is 6.64. The molecule has 0 amide bonds. The van der Waals surface area contributed by atoms with Crippen LogP contribution in [0.5, 0.6) is 0 Å². The lowest BCUT2D eigenvalue weighted by molar-refractivity contribution is -0.137. The van der Waals surface area contributed by atoms with Crippen molar-refractivity contribution in [1.29, 1.82) is 0 Å². The van der Waals surface area contributed by atoms with Crippen molar-refractivity contribution in [3.8, 4) is 11.1 Å². The summed E-state index contributed by atoms with van der Waals surface area (Å²) in [7, 11) is 0. The number of hydrogen-bond acceptors (Lipinski definition) is 1. The molecule has 1 unspecified atom stereocenters. The molecule has 3 aromatic rings. The number of hydrogen-bond donors (Lipinski definition) is 1. The Morgan fingerprint density at radius 2 is 1.66 bits per heavy atom. The molecular formula is C22H23F5N2. The summed E-state index contributed by atoms with van der Waals surface area (Å²) >= 11 is 0. The molecule has 1 atom stereocenters. The molecular weight excluding hydrogens is 387 g/mol. The zero-order valence-corrected chi connectivity index (χ0v) is 16.4. The van der Waals surface area contributed by atoms with Crippen LogP contribution in [0.2, 0.25) is 0 Å². The molecule has 0 radical (unpaired) electrons. The van der Waals surface area contributed by atoms with Crippen LogP contribution in [0.3, 0.4) is 0 Å². The number of fused-ring (bicyclic) bond motifs is 1.